The molecule has 0 saturated carbocycles. The third-order valence-electron chi connectivity index (χ3n) is 2.01. The van der Waals surface area contributed by atoms with Crippen LogP contribution in [0.5, 0.6) is 0 Å². The van der Waals surface area contributed by atoms with E-state index in [1.807, 2.05) is 24.3 Å². The molecule has 5 heteroatoms. The zero-order chi connectivity index (χ0) is 10.8. The number of hydrogen-bond donors (Lipinski definition) is 3. The Morgan fingerprint density at radius 2 is 2.27 bits per heavy atom. The summed E-state index contributed by atoms with van der Waals surface area (Å²) < 4.78 is 0. The van der Waals surface area contributed by atoms with Crippen LogP contribution in [0.4, 0.5) is 5.95 Å². The number of aliphatic hydroxyl groups excluding tert-OH is 1. The molecular weight excluding hydrogens is 194 g/mol. The molecule has 2 rings (SSSR count). The summed E-state index contributed by atoms with van der Waals surface area (Å²) in [5.41, 5.74) is 1.62. The van der Waals surface area contributed by atoms with Crippen molar-refractivity contribution in [3.63, 3.8) is 0 Å². The summed E-state index contributed by atoms with van der Waals surface area (Å²) in [6.45, 7) is 1.40. The van der Waals surface area contributed by atoms with E-state index in [1.54, 1.807) is 0 Å². The monoisotopic (exact) mass is 205 g/mol. The third-order valence-corrected chi connectivity index (χ3v) is 2.01. The molecule has 5 nitrogen and oxygen atoms in total. The SMILES string of the molecule is CC(O)C(=O)Nc1nc2ccccc2[nH]1. The van der Waals surface area contributed by atoms with Gasteiger partial charge >= 0.3 is 0 Å². The first kappa shape index (κ1) is 9.67. The van der Waals surface area contributed by atoms with Crippen LogP contribution in [0.3, 0.4) is 0 Å². The van der Waals surface area contributed by atoms with E-state index in [2.05, 4.69) is 15.3 Å². The predicted molar refractivity (Wildman–Crippen MR) is 56.4 cm³/mol. The van der Waals surface area contributed by atoms with Crippen LogP contribution in [-0.4, -0.2) is 27.1 Å². The fourth-order valence-electron chi connectivity index (χ4n) is 1.23. The van der Waals surface area contributed by atoms with E-state index in [1.165, 1.54) is 6.92 Å². The maximum Gasteiger partial charge on any atom is 0.255 e. The molecule has 1 amide bonds. The Labute approximate surface area is 86.1 Å². The quantitative estimate of drug-likeness (QED) is 0.681. The smallest absolute Gasteiger partial charge is 0.255 e. The van der Waals surface area contributed by atoms with Gasteiger partial charge in [0.1, 0.15) is 6.10 Å². The molecular formula is C10H11N3O2. The number of anilines is 1. The molecule has 2 aromatic rings. The first-order valence-corrected chi connectivity index (χ1v) is 4.60. The van der Waals surface area contributed by atoms with Gasteiger partial charge in [-0.1, -0.05) is 12.1 Å². The number of aromatic nitrogens is 2. The Morgan fingerprint density at radius 3 is 2.93 bits per heavy atom. The number of aliphatic hydroxyl groups is 1. The van der Waals surface area contributed by atoms with Crippen LogP contribution in [0.1, 0.15) is 6.92 Å². The number of carbonyl (C=O) groups excluding carboxylic acids is 1. The topological polar surface area (TPSA) is 78.0 Å². The summed E-state index contributed by atoms with van der Waals surface area (Å²) in [5.74, 6) is -0.129. The Kier molecular flexibility index (Phi) is 2.39. The van der Waals surface area contributed by atoms with Gasteiger partial charge in [0.2, 0.25) is 5.95 Å². The van der Waals surface area contributed by atoms with Gasteiger partial charge in [-0.15, -0.1) is 0 Å². The highest BCUT2D eigenvalue weighted by Crippen LogP contribution is 2.13. The molecule has 0 fully saturated rings. The standard InChI is InChI=1S/C10H11N3O2/c1-6(14)9(15)13-10-11-7-4-2-3-5-8(7)12-10/h2-6,14H,1H3,(H2,11,12,13,15). The van der Waals surface area contributed by atoms with Gasteiger partial charge in [0, 0.05) is 0 Å². The fourth-order valence-corrected chi connectivity index (χ4v) is 1.23. The number of H-pyrrole nitrogens is 1. The van der Waals surface area contributed by atoms with E-state index in [0.717, 1.165) is 11.0 Å². The van der Waals surface area contributed by atoms with Crippen molar-refractivity contribution in [2.75, 3.05) is 5.32 Å². The van der Waals surface area contributed by atoms with Crippen molar-refractivity contribution < 1.29 is 9.90 Å². The molecule has 0 saturated heterocycles. The van der Waals surface area contributed by atoms with Gasteiger partial charge in [-0.2, -0.15) is 0 Å². The number of nitrogens with one attached hydrogen (secondary N) is 2. The normalized spacial score (nSPS) is 12.7. The average molecular weight is 205 g/mol. The summed E-state index contributed by atoms with van der Waals surface area (Å²) in [7, 11) is 0. The number of benzene rings is 1. The number of aromatic amines is 1. The minimum Gasteiger partial charge on any atom is -0.384 e. The number of para-hydroxylation sites is 2. The van der Waals surface area contributed by atoms with E-state index < -0.39 is 12.0 Å². The largest absolute Gasteiger partial charge is 0.384 e. The Bertz CT molecular complexity index is 457. The molecule has 0 radical (unpaired) electrons. The number of amides is 1. The van der Waals surface area contributed by atoms with Crippen molar-refractivity contribution in [3.8, 4) is 0 Å². The van der Waals surface area contributed by atoms with Crippen LogP contribution in [0, 0.1) is 0 Å². The maximum absolute atomic E-state index is 11.2. The molecule has 1 heterocycles. The zero-order valence-corrected chi connectivity index (χ0v) is 8.19. The highest BCUT2D eigenvalue weighted by Gasteiger charge is 2.10. The molecule has 0 aliphatic rings. The highest BCUT2D eigenvalue weighted by molar-refractivity contribution is 5.93. The van der Waals surface area contributed by atoms with Crippen LogP contribution in [-0.2, 0) is 4.79 Å². The van der Waals surface area contributed by atoms with Crippen LogP contribution in [0.25, 0.3) is 11.0 Å². The molecule has 0 spiro atoms. The van der Waals surface area contributed by atoms with Crippen LogP contribution in [0.2, 0.25) is 0 Å². The van der Waals surface area contributed by atoms with Crippen molar-refractivity contribution in [3.05, 3.63) is 24.3 Å². The van der Waals surface area contributed by atoms with Gasteiger partial charge in [-0.25, -0.2) is 4.98 Å². The molecule has 3 N–H and O–H groups in total. The summed E-state index contributed by atoms with van der Waals surface area (Å²) in [4.78, 5) is 18.2. The number of imidazole rings is 1. The summed E-state index contributed by atoms with van der Waals surface area (Å²) in [6.07, 6.45) is -1.04. The van der Waals surface area contributed by atoms with Crippen molar-refractivity contribution in [2.24, 2.45) is 0 Å². The van der Waals surface area contributed by atoms with Crippen molar-refractivity contribution >= 4 is 22.9 Å². The first-order valence-electron chi connectivity index (χ1n) is 4.60. The predicted octanol–water partition coefficient (Wildman–Crippen LogP) is 0.882. The van der Waals surface area contributed by atoms with Gasteiger partial charge in [0.05, 0.1) is 11.0 Å². The molecule has 1 aromatic carbocycles. The number of carbonyl (C=O) groups is 1. The Morgan fingerprint density at radius 1 is 1.53 bits per heavy atom. The number of hydrogen-bond acceptors (Lipinski definition) is 3. The van der Waals surface area contributed by atoms with E-state index in [4.69, 9.17) is 5.11 Å². The second-order valence-electron chi connectivity index (χ2n) is 3.27. The first-order chi connectivity index (χ1) is 7.16. The van der Waals surface area contributed by atoms with Crippen molar-refractivity contribution in [1.82, 2.24) is 9.97 Å². The highest BCUT2D eigenvalue weighted by atomic mass is 16.3. The average Bonchev–Trinajstić information content (AvgIpc) is 2.59. The lowest BCUT2D eigenvalue weighted by Crippen LogP contribution is -2.24. The minimum atomic E-state index is -1.04. The lowest BCUT2D eigenvalue weighted by molar-refractivity contribution is -0.123. The molecule has 15 heavy (non-hydrogen) atoms. The Balaban J connectivity index is 2.26. The molecule has 1 aromatic heterocycles. The zero-order valence-electron chi connectivity index (χ0n) is 8.19. The van der Waals surface area contributed by atoms with Gasteiger partial charge in [0.15, 0.2) is 0 Å². The third kappa shape index (κ3) is 1.97. The molecule has 1 unspecified atom stereocenters. The maximum atomic E-state index is 11.2. The number of fused-ring (bicyclic) bond motifs is 1. The fraction of sp³-hybridized carbons (Fsp3) is 0.200. The van der Waals surface area contributed by atoms with Gasteiger partial charge < -0.3 is 10.1 Å². The van der Waals surface area contributed by atoms with E-state index in [9.17, 15) is 4.79 Å². The lowest BCUT2D eigenvalue weighted by atomic mass is 10.3. The molecule has 78 valence electrons. The van der Waals surface area contributed by atoms with Crippen LogP contribution >= 0.6 is 0 Å². The minimum absolute atomic E-state index is 0.349. The van der Waals surface area contributed by atoms with Crippen molar-refractivity contribution in [1.29, 1.82) is 0 Å². The second kappa shape index (κ2) is 3.70. The number of rotatable bonds is 2. The summed E-state index contributed by atoms with van der Waals surface area (Å²) in [6, 6.07) is 7.44. The molecule has 0 aliphatic carbocycles. The van der Waals surface area contributed by atoms with E-state index in [0.29, 0.717) is 5.95 Å². The van der Waals surface area contributed by atoms with E-state index >= 15 is 0 Å². The number of nitrogens with zero attached hydrogens (tertiary/aromatic N) is 1. The molecule has 1 atom stereocenters. The molecule has 0 bridgehead atoms. The van der Waals surface area contributed by atoms with E-state index in [-0.39, 0.29) is 0 Å². The van der Waals surface area contributed by atoms with Crippen molar-refractivity contribution in [2.45, 2.75) is 13.0 Å². The second-order valence-corrected chi connectivity index (χ2v) is 3.27. The van der Waals surface area contributed by atoms with Gasteiger partial charge in [-0.05, 0) is 19.1 Å². The molecule has 0 aliphatic heterocycles. The van der Waals surface area contributed by atoms with Crippen LogP contribution in [0.15, 0.2) is 24.3 Å². The summed E-state index contributed by atoms with van der Waals surface area (Å²) >= 11 is 0. The summed E-state index contributed by atoms with van der Waals surface area (Å²) in [5, 5.41) is 11.5. The van der Waals surface area contributed by atoms with Gasteiger partial charge in [0.25, 0.3) is 5.91 Å². The Hall–Kier alpha value is -1.88. The van der Waals surface area contributed by atoms with Crippen LogP contribution < -0.4 is 5.32 Å². The van der Waals surface area contributed by atoms with Gasteiger partial charge in [-0.3, -0.25) is 10.1 Å². The lowest BCUT2D eigenvalue weighted by Gasteiger charge is -2.02.